The summed E-state index contributed by atoms with van der Waals surface area (Å²) in [6.45, 7) is 1.54. The molecule has 0 aliphatic carbocycles. The largest absolute Gasteiger partial charge is 0.494 e. The van der Waals surface area contributed by atoms with Crippen LogP contribution in [-0.2, 0) is 0 Å². The zero-order chi connectivity index (χ0) is 21.4. The van der Waals surface area contributed by atoms with Crippen molar-refractivity contribution >= 4 is 28.5 Å². The lowest BCUT2D eigenvalue weighted by molar-refractivity contribution is 0.457. The maximum atomic E-state index is 14.9. The van der Waals surface area contributed by atoms with Gasteiger partial charge in [0, 0.05) is 49.1 Å². The van der Waals surface area contributed by atoms with Gasteiger partial charge in [-0.1, -0.05) is 0 Å². The van der Waals surface area contributed by atoms with Crippen molar-refractivity contribution in [2.45, 2.75) is 12.3 Å². The number of hydrogen-bond donors (Lipinski definition) is 2. The quantitative estimate of drug-likeness (QED) is 0.443. The van der Waals surface area contributed by atoms with Gasteiger partial charge >= 0.3 is 0 Å². The maximum Gasteiger partial charge on any atom is 0.198 e. The van der Waals surface area contributed by atoms with Crippen LogP contribution < -0.4 is 4.90 Å². The van der Waals surface area contributed by atoms with Crippen molar-refractivity contribution in [3.8, 4) is 5.88 Å². The molecule has 1 saturated heterocycles. The fraction of sp³-hybridized carbons (Fsp3) is 0.167. The van der Waals surface area contributed by atoms with Crippen LogP contribution in [0, 0.1) is 11.6 Å². The van der Waals surface area contributed by atoms with Crippen LogP contribution in [0.25, 0.3) is 10.9 Å². The van der Waals surface area contributed by atoms with Gasteiger partial charge in [-0.05, 0) is 54.4 Å². The second-order valence-corrected chi connectivity index (χ2v) is 7.68. The molecule has 3 heterocycles. The van der Waals surface area contributed by atoms with E-state index in [2.05, 4.69) is 15.0 Å². The number of hydrogen-bond acceptors (Lipinski definition) is 4. The van der Waals surface area contributed by atoms with Crippen LogP contribution in [0.3, 0.4) is 0 Å². The summed E-state index contributed by atoms with van der Waals surface area (Å²) in [6.07, 6.45) is 5.99. The van der Waals surface area contributed by atoms with E-state index in [1.807, 2.05) is 17.0 Å². The molecule has 0 radical (unpaired) electrons. The number of aromatic amines is 1. The second kappa shape index (κ2) is 7.83. The summed E-state index contributed by atoms with van der Waals surface area (Å²) in [5.41, 5.74) is 3.11. The predicted octanol–water partition coefficient (Wildman–Crippen LogP) is 5.29. The van der Waals surface area contributed by atoms with E-state index >= 15 is 0 Å². The minimum Gasteiger partial charge on any atom is -0.494 e. The lowest BCUT2D eigenvalue weighted by Gasteiger charge is -2.19. The standard InChI is InChI=1S/C24H20F2N4O/c25-17-1-3-19-20(24(31)29-22(19)11-17)13-28-18-2-4-23(21(26)12-18)30-10-7-16(14-30)15-5-8-27-9-6-15/h1-6,8-9,11-13,16,29,31H,7,10,14H2. The second-order valence-electron chi connectivity index (χ2n) is 7.68. The molecule has 1 unspecified atom stereocenters. The highest BCUT2D eigenvalue weighted by Crippen LogP contribution is 2.33. The van der Waals surface area contributed by atoms with E-state index < -0.39 is 5.82 Å². The Morgan fingerprint density at radius 1 is 1.10 bits per heavy atom. The lowest BCUT2D eigenvalue weighted by Crippen LogP contribution is -2.20. The van der Waals surface area contributed by atoms with Crippen molar-refractivity contribution in [1.82, 2.24) is 9.97 Å². The first-order valence-corrected chi connectivity index (χ1v) is 10.1. The molecule has 1 fully saturated rings. The smallest absolute Gasteiger partial charge is 0.198 e. The Hall–Kier alpha value is -3.74. The Morgan fingerprint density at radius 2 is 1.94 bits per heavy atom. The van der Waals surface area contributed by atoms with E-state index in [0.29, 0.717) is 33.8 Å². The number of pyridine rings is 1. The molecule has 0 amide bonds. The number of fused-ring (bicyclic) bond motifs is 1. The van der Waals surface area contributed by atoms with Gasteiger partial charge in [-0.3, -0.25) is 9.98 Å². The monoisotopic (exact) mass is 418 g/mol. The Balaban J connectivity index is 1.35. The van der Waals surface area contributed by atoms with Crippen molar-refractivity contribution in [1.29, 1.82) is 0 Å². The van der Waals surface area contributed by atoms with Gasteiger partial charge in [0.05, 0.1) is 22.5 Å². The minimum atomic E-state index is -0.400. The minimum absolute atomic E-state index is 0.110. The molecule has 1 aliphatic heterocycles. The van der Waals surface area contributed by atoms with E-state index in [4.69, 9.17) is 0 Å². The molecule has 0 saturated carbocycles. The molecule has 0 bridgehead atoms. The fourth-order valence-corrected chi connectivity index (χ4v) is 4.17. The Labute approximate surface area is 177 Å². The molecule has 1 aliphatic rings. The Morgan fingerprint density at radius 3 is 2.74 bits per heavy atom. The molecule has 31 heavy (non-hydrogen) atoms. The van der Waals surface area contributed by atoms with Crippen molar-refractivity contribution in [2.75, 3.05) is 18.0 Å². The predicted molar refractivity (Wildman–Crippen MR) is 117 cm³/mol. The summed E-state index contributed by atoms with van der Waals surface area (Å²) in [5, 5.41) is 10.7. The maximum absolute atomic E-state index is 14.9. The van der Waals surface area contributed by atoms with Crippen molar-refractivity contribution in [2.24, 2.45) is 4.99 Å². The highest BCUT2D eigenvalue weighted by atomic mass is 19.1. The van der Waals surface area contributed by atoms with E-state index in [9.17, 15) is 13.9 Å². The lowest BCUT2D eigenvalue weighted by atomic mass is 10.00. The van der Waals surface area contributed by atoms with Gasteiger partial charge in [0.15, 0.2) is 5.88 Å². The molecule has 2 aromatic heterocycles. The van der Waals surface area contributed by atoms with Gasteiger partial charge in [0.1, 0.15) is 11.6 Å². The third-order valence-electron chi connectivity index (χ3n) is 5.76. The zero-order valence-corrected chi connectivity index (χ0v) is 16.6. The molecule has 156 valence electrons. The van der Waals surface area contributed by atoms with Gasteiger partial charge in [0.25, 0.3) is 0 Å². The third-order valence-corrected chi connectivity index (χ3v) is 5.76. The molecule has 2 N–H and O–H groups in total. The SMILES string of the molecule is Oc1[nH]c2cc(F)ccc2c1C=Nc1ccc(N2CCC(c3ccncc3)C2)c(F)c1. The van der Waals surface area contributed by atoms with Gasteiger partial charge in [-0.25, -0.2) is 8.78 Å². The third kappa shape index (κ3) is 3.74. The summed E-state index contributed by atoms with van der Waals surface area (Å²) in [6, 6.07) is 13.1. The number of halogens is 2. The highest BCUT2D eigenvalue weighted by Gasteiger charge is 2.25. The Kier molecular flexibility index (Phi) is 4.86. The average Bonchev–Trinajstić information content (AvgIpc) is 3.37. The summed E-state index contributed by atoms with van der Waals surface area (Å²) in [4.78, 5) is 13.1. The molecule has 5 nitrogen and oxygen atoms in total. The number of aromatic hydroxyl groups is 1. The summed E-state index contributed by atoms with van der Waals surface area (Å²) in [5.74, 6) is -0.492. The van der Waals surface area contributed by atoms with Crippen molar-refractivity contribution in [3.63, 3.8) is 0 Å². The van der Waals surface area contributed by atoms with E-state index in [1.54, 1.807) is 30.6 Å². The van der Waals surface area contributed by atoms with E-state index in [-0.39, 0.29) is 11.7 Å². The molecule has 2 aromatic carbocycles. The molecular formula is C24H20F2N4O. The van der Waals surface area contributed by atoms with E-state index in [0.717, 1.165) is 19.5 Å². The van der Waals surface area contributed by atoms with E-state index in [1.165, 1.54) is 30.0 Å². The van der Waals surface area contributed by atoms with Crippen molar-refractivity contribution < 1.29 is 13.9 Å². The molecular weight excluding hydrogens is 398 g/mol. The van der Waals surface area contributed by atoms with Gasteiger partial charge in [0.2, 0.25) is 0 Å². The first kappa shape index (κ1) is 19.2. The van der Waals surface area contributed by atoms with Gasteiger partial charge in [-0.2, -0.15) is 0 Å². The van der Waals surface area contributed by atoms with Crippen molar-refractivity contribution in [3.05, 3.63) is 83.7 Å². The number of aromatic nitrogens is 2. The van der Waals surface area contributed by atoms with Gasteiger partial charge in [-0.15, -0.1) is 0 Å². The van der Waals surface area contributed by atoms with Crippen LogP contribution in [-0.4, -0.2) is 34.4 Å². The summed E-state index contributed by atoms with van der Waals surface area (Å²) >= 11 is 0. The summed E-state index contributed by atoms with van der Waals surface area (Å²) < 4.78 is 28.2. The highest BCUT2D eigenvalue weighted by molar-refractivity contribution is 6.02. The topological polar surface area (TPSA) is 64.5 Å². The number of H-pyrrole nitrogens is 1. The number of rotatable bonds is 4. The zero-order valence-electron chi connectivity index (χ0n) is 16.6. The van der Waals surface area contributed by atoms with Gasteiger partial charge < -0.3 is 15.0 Å². The van der Waals surface area contributed by atoms with Crippen LogP contribution in [0.15, 0.2) is 65.9 Å². The van der Waals surface area contributed by atoms with Crippen LogP contribution in [0.2, 0.25) is 0 Å². The Bertz CT molecular complexity index is 1270. The normalized spacial score (nSPS) is 16.6. The molecule has 4 aromatic rings. The number of benzene rings is 2. The number of nitrogens with zero attached hydrogens (tertiary/aromatic N) is 3. The number of aliphatic imine (C=N–C) groups is 1. The first-order valence-electron chi connectivity index (χ1n) is 10.1. The molecule has 5 rings (SSSR count). The number of anilines is 1. The van der Waals surface area contributed by atoms with Crippen LogP contribution in [0.4, 0.5) is 20.2 Å². The number of nitrogens with one attached hydrogen (secondary N) is 1. The fourth-order valence-electron chi connectivity index (χ4n) is 4.17. The summed E-state index contributed by atoms with van der Waals surface area (Å²) in [7, 11) is 0. The van der Waals surface area contributed by atoms with Crippen LogP contribution in [0.5, 0.6) is 5.88 Å². The average molecular weight is 418 g/mol. The molecule has 0 spiro atoms. The van der Waals surface area contributed by atoms with Crippen LogP contribution >= 0.6 is 0 Å². The molecule has 7 heteroatoms. The van der Waals surface area contributed by atoms with Crippen LogP contribution in [0.1, 0.15) is 23.5 Å². The molecule has 1 atom stereocenters. The first-order chi connectivity index (χ1) is 15.1.